The molecule has 3 aromatic rings. The monoisotopic (exact) mass is 438 g/mol. The number of methoxy groups -OCH3 is 2. The zero-order valence-electron chi connectivity index (χ0n) is 17.9. The Morgan fingerprint density at radius 3 is 2.55 bits per heavy atom. The minimum Gasteiger partial charge on any atom is -0.493 e. The van der Waals surface area contributed by atoms with E-state index in [-0.39, 0.29) is 11.7 Å². The van der Waals surface area contributed by atoms with Crippen molar-refractivity contribution in [1.82, 2.24) is 20.1 Å². The molecule has 162 valence electrons. The van der Waals surface area contributed by atoms with E-state index < -0.39 is 0 Å². The fourth-order valence-corrected chi connectivity index (χ4v) is 3.74. The molecular weight excluding hydrogens is 412 g/mol. The van der Waals surface area contributed by atoms with Crippen LogP contribution in [0.2, 0.25) is 0 Å². The first-order valence-corrected chi connectivity index (χ1v) is 10.8. The molecule has 1 aromatic heterocycles. The summed E-state index contributed by atoms with van der Waals surface area (Å²) < 4.78 is 12.6. The lowest BCUT2D eigenvalue weighted by Crippen LogP contribution is -2.24. The summed E-state index contributed by atoms with van der Waals surface area (Å²) in [7, 11) is 3.18. The summed E-state index contributed by atoms with van der Waals surface area (Å²) in [5.74, 6) is 2.10. The molecule has 1 heterocycles. The van der Waals surface area contributed by atoms with Crippen molar-refractivity contribution < 1.29 is 14.3 Å². The number of hydrogen-bond donors (Lipinski definition) is 1. The number of rotatable bonds is 10. The van der Waals surface area contributed by atoms with E-state index in [0.717, 1.165) is 11.1 Å². The Hall–Kier alpha value is -3.26. The Kier molecular flexibility index (Phi) is 7.72. The molecule has 1 amide bonds. The van der Waals surface area contributed by atoms with Gasteiger partial charge in [0.25, 0.3) is 0 Å². The third-order valence-electron chi connectivity index (χ3n) is 4.61. The average Bonchev–Trinajstić information content (AvgIpc) is 3.19. The summed E-state index contributed by atoms with van der Waals surface area (Å²) >= 11 is 1.34. The molecule has 31 heavy (non-hydrogen) atoms. The molecule has 0 saturated carbocycles. The normalized spacial score (nSPS) is 10.5. The van der Waals surface area contributed by atoms with Crippen molar-refractivity contribution in [3.8, 4) is 22.9 Å². The van der Waals surface area contributed by atoms with Crippen LogP contribution in [0.5, 0.6) is 11.5 Å². The first-order chi connectivity index (χ1) is 15.0. The fraction of sp³-hybridized carbons (Fsp3) is 0.261. The van der Waals surface area contributed by atoms with Gasteiger partial charge in [-0.2, -0.15) is 0 Å². The Balaban J connectivity index is 1.69. The first-order valence-electron chi connectivity index (χ1n) is 9.77. The Labute approximate surface area is 186 Å². The number of ether oxygens (including phenoxy) is 2. The highest BCUT2D eigenvalue weighted by Gasteiger charge is 2.16. The van der Waals surface area contributed by atoms with Crippen LogP contribution in [0.25, 0.3) is 11.4 Å². The Morgan fingerprint density at radius 2 is 1.87 bits per heavy atom. The van der Waals surface area contributed by atoms with Gasteiger partial charge in [0.1, 0.15) is 0 Å². The van der Waals surface area contributed by atoms with Crippen molar-refractivity contribution in [1.29, 1.82) is 0 Å². The number of amides is 1. The van der Waals surface area contributed by atoms with E-state index >= 15 is 0 Å². The Bertz CT molecular complexity index is 1050. The molecular formula is C23H26N4O3S. The summed E-state index contributed by atoms with van der Waals surface area (Å²) in [6.07, 6.45) is 1.77. The standard InChI is InChI=1S/C23H26N4O3S/c1-5-12-27-22(18-10-11-19(29-3)20(13-18)30-4)25-26-23(27)31-15-21(28)24-14-17-8-6-16(2)7-9-17/h5-11,13H,1,12,14-15H2,2-4H3,(H,24,28). The largest absolute Gasteiger partial charge is 0.493 e. The van der Waals surface area contributed by atoms with Crippen LogP contribution in [0.1, 0.15) is 11.1 Å². The topological polar surface area (TPSA) is 78.3 Å². The minimum absolute atomic E-state index is 0.0635. The quantitative estimate of drug-likeness (QED) is 0.383. The molecule has 0 fully saturated rings. The van der Waals surface area contributed by atoms with Gasteiger partial charge >= 0.3 is 0 Å². The highest BCUT2D eigenvalue weighted by Crippen LogP contribution is 2.32. The van der Waals surface area contributed by atoms with E-state index in [2.05, 4.69) is 22.1 Å². The van der Waals surface area contributed by atoms with Crippen LogP contribution in [0.4, 0.5) is 0 Å². The molecule has 0 unspecified atom stereocenters. The van der Waals surface area contributed by atoms with Crippen molar-refractivity contribution >= 4 is 17.7 Å². The van der Waals surface area contributed by atoms with Crippen molar-refractivity contribution in [2.45, 2.75) is 25.2 Å². The van der Waals surface area contributed by atoms with E-state index in [1.807, 2.05) is 54.0 Å². The average molecular weight is 439 g/mol. The predicted octanol–water partition coefficient (Wildman–Crippen LogP) is 3.87. The summed E-state index contributed by atoms with van der Waals surface area (Å²) in [5, 5.41) is 12.2. The summed E-state index contributed by atoms with van der Waals surface area (Å²) in [6.45, 7) is 6.88. The van der Waals surface area contributed by atoms with Crippen LogP contribution in [0.15, 0.2) is 60.3 Å². The first kappa shape index (κ1) is 22.4. The Morgan fingerprint density at radius 1 is 1.13 bits per heavy atom. The number of hydrogen-bond acceptors (Lipinski definition) is 6. The number of aryl methyl sites for hydroxylation is 1. The van der Waals surface area contributed by atoms with Gasteiger partial charge in [-0.15, -0.1) is 16.8 Å². The zero-order valence-corrected chi connectivity index (χ0v) is 18.7. The lowest BCUT2D eigenvalue weighted by molar-refractivity contribution is -0.118. The van der Waals surface area contributed by atoms with Crippen LogP contribution in [0.3, 0.4) is 0 Å². The predicted molar refractivity (Wildman–Crippen MR) is 123 cm³/mol. The molecule has 2 aromatic carbocycles. The number of carbonyl (C=O) groups excluding carboxylic acids is 1. The maximum absolute atomic E-state index is 12.3. The van der Waals surface area contributed by atoms with Gasteiger partial charge in [-0.05, 0) is 30.7 Å². The molecule has 0 atom stereocenters. The summed E-state index contributed by atoms with van der Waals surface area (Å²) in [4.78, 5) is 12.3. The number of aromatic nitrogens is 3. The number of nitrogens with one attached hydrogen (secondary N) is 1. The van der Waals surface area contributed by atoms with Crippen LogP contribution in [0, 0.1) is 6.92 Å². The van der Waals surface area contributed by atoms with E-state index in [1.54, 1.807) is 20.3 Å². The van der Waals surface area contributed by atoms with Gasteiger partial charge in [0.15, 0.2) is 22.5 Å². The maximum Gasteiger partial charge on any atom is 0.230 e. The van der Waals surface area contributed by atoms with Crippen molar-refractivity contribution in [2.24, 2.45) is 0 Å². The van der Waals surface area contributed by atoms with E-state index in [0.29, 0.717) is 35.6 Å². The number of benzene rings is 2. The molecule has 0 aliphatic rings. The molecule has 0 saturated heterocycles. The highest BCUT2D eigenvalue weighted by molar-refractivity contribution is 7.99. The smallest absolute Gasteiger partial charge is 0.230 e. The molecule has 1 N–H and O–H groups in total. The van der Waals surface area contributed by atoms with Crippen LogP contribution < -0.4 is 14.8 Å². The van der Waals surface area contributed by atoms with Gasteiger partial charge in [-0.3, -0.25) is 9.36 Å². The highest BCUT2D eigenvalue weighted by atomic mass is 32.2. The van der Waals surface area contributed by atoms with Crippen LogP contribution in [-0.4, -0.2) is 40.6 Å². The molecule has 7 nitrogen and oxygen atoms in total. The summed E-state index contributed by atoms with van der Waals surface area (Å²) in [6, 6.07) is 13.7. The SMILES string of the molecule is C=CCn1c(SCC(=O)NCc2ccc(C)cc2)nnc1-c1ccc(OC)c(OC)c1. The third kappa shape index (κ3) is 5.67. The molecule has 0 bridgehead atoms. The minimum atomic E-state index is -0.0635. The van der Waals surface area contributed by atoms with Gasteiger partial charge in [0.05, 0.1) is 20.0 Å². The van der Waals surface area contributed by atoms with Crippen LogP contribution in [-0.2, 0) is 17.9 Å². The maximum atomic E-state index is 12.3. The number of nitrogens with zero attached hydrogens (tertiary/aromatic N) is 3. The molecule has 0 spiro atoms. The van der Waals surface area contributed by atoms with Gasteiger partial charge in [0.2, 0.25) is 5.91 Å². The molecule has 3 rings (SSSR count). The lowest BCUT2D eigenvalue weighted by Gasteiger charge is -2.11. The number of allylic oxidation sites excluding steroid dienone is 1. The second-order valence-corrected chi connectivity index (χ2v) is 7.77. The second kappa shape index (κ2) is 10.7. The van der Waals surface area contributed by atoms with Crippen molar-refractivity contribution in [3.05, 3.63) is 66.2 Å². The molecule has 0 aliphatic heterocycles. The van der Waals surface area contributed by atoms with Crippen molar-refractivity contribution in [3.63, 3.8) is 0 Å². The van der Waals surface area contributed by atoms with E-state index in [9.17, 15) is 4.79 Å². The van der Waals surface area contributed by atoms with Gasteiger partial charge in [0, 0.05) is 18.7 Å². The third-order valence-corrected chi connectivity index (χ3v) is 5.58. The molecule has 0 radical (unpaired) electrons. The van der Waals surface area contributed by atoms with Gasteiger partial charge in [-0.25, -0.2) is 0 Å². The van der Waals surface area contributed by atoms with Gasteiger partial charge in [-0.1, -0.05) is 47.7 Å². The van der Waals surface area contributed by atoms with E-state index in [1.165, 1.54) is 17.3 Å². The number of carbonyl (C=O) groups is 1. The number of thioether (sulfide) groups is 1. The van der Waals surface area contributed by atoms with E-state index in [4.69, 9.17) is 9.47 Å². The summed E-state index contributed by atoms with van der Waals surface area (Å²) in [5.41, 5.74) is 3.09. The second-order valence-electron chi connectivity index (χ2n) is 6.83. The molecule has 0 aliphatic carbocycles. The lowest BCUT2D eigenvalue weighted by atomic mass is 10.1. The van der Waals surface area contributed by atoms with Gasteiger partial charge < -0.3 is 14.8 Å². The molecule has 8 heteroatoms. The van der Waals surface area contributed by atoms with Crippen molar-refractivity contribution in [2.75, 3.05) is 20.0 Å². The van der Waals surface area contributed by atoms with Crippen LogP contribution >= 0.6 is 11.8 Å². The zero-order chi connectivity index (χ0) is 22.2. The fourth-order valence-electron chi connectivity index (χ4n) is 2.97.